The van der Waals surface area contributed by atoms with E-state index in [1.165, 1.54) is 24.3 Å². The molecule has 1 amide bonds. The van der Waals surface area contributed by atoms with E-state index in [2.05, 4.69) is 4.98 Å². The van der Waals surface area contributed by atoms with Gasteiger partial charge in [-0.25, -0.2) is 17.5 Å². The monoisotopic (exact) mass is 554 g/mol. The zero-order chi connectivity index (χ0) is 27.5. The predicted octanol–water partition coefficient (Wildman–Crippen LogP) is 5.78. The van der Waals surface area contributed by atoms with Crippen LogP contribution in [0.1, 0.15) is 59.3 Å². The van der Waals surface area contributed by atoms with Crippen molar-refractivity contribution in [3.63, 3.8) is 0 Å². The SMILES string of the molecule is CC(C)(C)OC(=O)N(CCCCC(CCOc1cccnc1)CCC(=O)O)S(=O)(=O)c1ccc(Cl)cc1. The van der Waals surface area contributed by atoms with E-state index in [0.717, 1.165) is 4.31 Å². The van der Waals surface area contributed by atoms with Crippen LogP contribution < -0.4 is 4.74 Å². The molecular weight excluding hydrogens is 520 g/mol. The van der Waals surface area contributed by atoms with Gasteiger partial charge < -0.3 is 14.6 Å². The predicted molar refractivity (Wildman–Crippen MR) is 140 cm³/mol. The molecule has 0 spiro atoms. The molecule has 0 aliphatic heterocycles. The fourth-order valence-electron chi connectivity index (χ4n) is 3.58. The second kappa shape index (κ2) is 14.2. The molecule has 2 rings (SSSR count). The molecule has 11 heteroatoms. The average molecular weight is 555 g/mol. The molecule has 204 valence electrons. The van der Waals surface area contributed by atoms with Crippen LogP contribution in [0.2, 0.25) is 5.02 Å². The first-order valence-corrected chi connectivity index (χ1v) is 14.0. The van der Waals surface area contributed by atoms with Crippen molar-refractivity contribution in [3.05, 3.63) is 53.8 Å². The molecule has 0 saturated heterocycles. The van der Waals surface area contributed by atoms with Gasteiger partial charge in [-0.1, -0.05) is 24.4 Å². The Labute approximate surface area is 223 Å². The number of carboxylic acids is 1. The average Bonchev–Trinajstić information content (AvgIpc) is 2.81. The van der Waals surface area contributed by atoms with Crippen LogP contribution in [-0.2, 0) is 19.6 Å². The van der Waals surface area contributed by atoms with Crippen molar-refractivity contribution in [2.75, 3.05) is 13.2 Å². The summed E-state index contributed by atoms with van der Waals surface area (Å²) in [5.41, 5.74) is -0.874. The number of pyridine rings is 1. The minimum absolute atomic E-state index is 0.0343. The maximum Gasteiger partial charge on any atom is 0.424 e. The largest absolute Gasteiger partial charge is 0.492 e. The molecule has 37 heavy (non-hydrogen) atoms. The van der Waals surface area contributed by atoms with Gasteiger partial charge in [0.15, 0.2) is 0 Å². The quantitative estimate of drug-likeness (QED) is 0.291. The van der Waals surface area contributed by atoms with Crippen LogP contribution in [0, 0.1) is 5.92 Å². The second-order valence-corrected chi connectivity index (χ2v) is 11.9. The number of carbonyl (C=O) groups excluding carboxylic acids is 1. The summed E-state index contributed by atoms with van der Waals surface area (Å²) < 4.78 is 38.3. The molecule has 0 aliphatic carbocycles. The summed E-state index contributed by atoms with van der Waals surface area (Å²) in [6, 6.07) is 9.15. The Morgan fingerprint density at radius 2 is 1.78 bits per heavy atom. The Morgan fingerprint density at radius 1 is 1.08 bits per heavy atom. The van der Waals surface area contributed by atoms with Gasteiger partial charge in [0.2, 0.25) is 0 Å². The van der Waals surface area contributed by atoms with Gasteiger partial charge in [0, 0.05) is 24.2 Å². The van der Waals surface area contributed by atoms with Crippen molar-refractivity contribution in [1.82, 2.24) is 9.29 Å². The molecule has 1 heterocycles. The number of aliphatic carboxylic acids is 1. The number of hydrogen-bond donors (Lipinski definition) is 1. The molecule has 9 nitrogen and oxygen atoms in total. The summed E-state index contributed by atoms with van der Waals surface area (Å²) in [4.78, 5) is 27.9. The molecule has 0 fully saturated rings. The fourth-order valence-corrected chi connectivity index (χ4v) is 5.04. The topological polar surface area (TPSA) is 123 Å². The lowest BCUT2D eigenvalue weighted by Gasteiger charge is -2.27. The van der Waals surface area contributed by atoms with E-state index in [9.17, 15) is 18.0 Å². The number of carbonyl (C=O) groups is 2. The molecule has 0 bridgehead atoms. The third kappa shape index (κ3) is 11.0. The fraction of sp³-hybridized carbons (Fsp3) is 0.500. The first-order chi connectivity index (χ1) is 17.4. The van der Waals surface area contributed by atoms with E-state index in [0.29, 0.717) is 49.5 Å². The highest BCUT2D eigenvalue weighted by molar-refractivity contribution is 7.89. The van der Waals surface area contributed by atoms with Crippen LogP contribution in [0.5, 0.6) is 5.75 Å². The number of aromatic nitrogens is 1. The lowest BCUT2D eigenvalue weighted by atomic mass is 9.93. The van der Waals surface area contributed by atoms with Crippen LogP contribution in [0.25, 0.3) is 0 Å². The van der Waals surface area contributed by atoms with E-state index >= 15 is 0 Å². The number of carboxylic acid groups (broad SMARTS) is 1. The molecule has 1 N–H and O–H groups in total. The molecule has 0 radical (unpaired) electrons. The van der Waals surface area contributed by atoms with E-state index < -0.39 is 27.7 Å². The highest BCUT2D eigenvalue weighted by atomic mass is 35.5. The van der Waals surface area contributed by atoms with Gasteiger partial charge in [0.05, 0.1) is 17.7 Å². The van der Waals surface area contributed by atoms with Crippen molar-refractivity contribution in [2.45, 2.75) is 69.8 Å². The number of hydrogen-bond acceptors (Lipinski definition) is 7. The lowest BCUT2D eigenvalue weighted by molar-refractivity contribution is -0.137. The number of unbranched alkanes of at least 4 members (excludes halogenated alkanes) is 1. The van der Waals surface area contributed by atoms with Gasteiger partial charge in [-0.15, -0.1) is 0 Å². The molecule has 1 unspecified atom stereocenters. The number of rotatable bonds is 14. The lowest BCUT2D eigenvalue weighted by Crippen LogP contribution is -2.41. The summed E-state index contributed by atoms with van der Waals surface area (Å²) in [5, 5.41) is 9.48. The number of ether oxygens (including phenoxy) is 2. The molecular formula is C26H35ClN2O7S. The minimum Gasteiger partial charge on any atom is -0.492 e. The normalized spacial score (nSPS) is 12.5. The minimum atomic E-state index is -4.16. The number of sulfonamides is 1. The van der Waals surface area contributed by atoms with Gasteiger partial charge in [-0.3, -0.25) is 9.78 Å². The number of amides is 1. The zero-order valence-corrected chi connectivity index (χ0v) is 23.0. The van der Waals surface area contributed by atoms with Crippen LogP contribution >= 0.6 is 11.6 Å². The summed E-state index contributed by atoms with van der Waals surface area (Å²) in [6.45, 7) is 5.33. The highest BCUT2D eigenvalue weighted by Crippen LogP contribution is 2.24. The number of nitrogens with zero attached hydrogens (tertiary/aromatic N) is 2. The van der Waals surface area contributed by atoms with Crippen molar-refractivity contribution in [1.29, 1.82) is 0 Å². The Balaban J connectivity index is 2.02. The first-order valence-electron chi connectivity index (χ1n) is 12.1. The van der Waals surface area contributed by atoms with Gasteiger partial charge in [-0.05, 0) is 82.3 Å². The molecule has 2 aromatic rings. The summed E-state index contributed by atoms with van der Waals surface area (Å²) in [6.07, 6.45) is 5.10. The Morgan fingerprint density at radius 3 is 2.38 bits per heavy atom. The molecule has 1 atom stereocenters. The van der Waals surface area contributed by atoms with Crippen LogP contribution in [0.15, 0.2) is 53.7 Å². The molecule has 1 aromatic heterocycles. The van der Waals surface area contributed by atoms with Crippen molar-refractivity contribution >= 4 is 33.7 Å². The first kappa shape index (κ1) is 30.4. The van der Waals surface area contributed by atoms with Crippen molar-refractivity contribution < 1.29 is 32.6 Å². The van der Waals surface area contributed by atoms with E-state index in [4.69, 9.17) is 26.2 Å². The van der Waals surface area contributed by atoms with Gasteiger partial charge >= 0.3 is 12.1 Å². The van der Waals surface area contributed by atoms with E-state index in [1.54, 1.807) is 45.3 Å². The Bertz CT molecular complexity index is 1100. The highest BCUT2D eigenvalue weighted by Gasteiger charge is 2.32. The van der Waals surface area contributed by atoms with E-state index in [1.807, 2.05) is 0 Å². The molecule has 1 aromatic carbocycles. The number of benzene rings is 1. The standard InChI is InChI=1S/C26H35ClN2O7S/c1-26(2,3)36-25(32)29(37(33,34)23-12-10-21(27)11-13-23)17-5-4-7-20(9-14-24(30)31)15-18-35-22-8-6-16-28-19-22/h6,8,10-13,16,19-20H,4-5,7,9,14-15,17-18H2,1-3H3,(H,30,31). The second-order valence-electron chi connectivity index (χ2n) is 9.63. The smallest absolute Gasteiger partial charge is 0.424 e. The third-order valence-corrected chi connectivity index (χ3v) is 7.45. The maximum absolute atomic E-state index is 13.2. The molecule has 0 aliphatic rings. The molecule has 0 saturated carbocycles. The van der Waals surface area contributed by atoms with Crippen molar-refractivity contribution in [3.8, 4) is 5.75 Å². The Kier molecular flexibility index (Phi) is 11.6. The van der Waals surface area contributed by atoms with Gasteiger partial charge in [0.1, 0.15) is 11.4 Å². The summed E-state index contributed by atoms with van der Waals surface area (Å²) in [5.74, 6) is -0.168. The zero-order valence-electron chi connectivity index (χ0n) is 21.4. The third-order valence-electron chi connectivity index (χ3n) is 5.42. The van der Waals surface area contributed by atoms with E-state index in [-0.39, 0.29) is 23.8 Å². The van der Waals surface area contributed by atoms with Crippen LogP contribution in [-0.4, -0.2) is 53.6 Å². The Hall–Kier alpha value is -2.85. The van der Waals surface area contributed by atoms with Gasteiger partial charge in [0.25, 0.3) is 10.0 Å². The maximum atomic E-state index is 13.2. The van der Waals surface area contributed by atoms with Crippen molar-refractivity contribution in [2.24, 2.45) is 5.92 Å². The summed E-state index contributed by atoms with van der Waals surface area (Å²) in [7, 11) is -4.16. The van der Waals surface area contributed by atoms with Crippen LogP contribution in [0.4, 0.5) is 4.79 Å². The van der Waals surface area contributed by atoms with Gasteiger partial charge in [-0.2, -0.15) is 0 Å². The summed E-state index contributed by atoms with van der Waals surface area (Å²) >= 11 is 5.89. The number of halogens is 1. The van der Waals surface area contributed by atoms with Crippen LogP contribution in [0.3, 0.4) is 0 Å².